The number of halogens is 1. The maximum absolute atomic E-state index is 14.0. The summed E-state index contributed by atoms with van der Waals surface area (Å²) < 4.78 is 28.8. The Balaban J connectivity index is 3.10. The van der Waals surface area contributed by atoms with E-state index in [1.807, 2.05) is 27.7 Å². The molecule has 0 saturated heterocycles. The van der Waals surface area contributed by atoms with E-state index in [0.29, 0.717) is 0 Å². The topological polar surface area (TPSA) is 105 Å². The Morgan fingerprint density at radius 1 is 1.28 bits per heavy atom. The van der Waals surface area contributed by atoms with Crippen LogP contribution < -0.4 is 10.5 Å². The van der Waals surface area contributed by atoms with Crippen LogP contribution in [0.25, 0.3) is 0 Å². The molecule has 0 saturated carbocycles. The van der Waals surface area contributed by atoms with Crippen molar-refractivity contribution in [2.24, 2.45) is 10.7 Å². The van der Waals surface area contributed by atoms with E-state index in [-0.39, 0.29) is 34.8 Å². The zero-order chi connectivity index (χ0) is 22.5. The van der Waals surface area contributed by atoms with Gasteiger partial charge in [0, 0.05) is 7.05 Å². The summed E-state index contributed by atoms with van der Waals surface area (Å²) in [6, 6.07) is 2.88. The standard InChI is InChI=1S/C21H32FN3O3S/c1-12(2)15-8-14(22)9-16(13(3)4)17(15)10-20(26)25-29(28)19(23)11-18(24-7)21(5,6)27/h8-9,11-13,27H,10,23H2,1-7H3,(H,25,26)/b19-11+,24-18?. The van der Waals surface area contributed by atoms with Crippen LogP contribution in [-0.4, -0.2) is 33.6 Å². The second-order valence-electron chi connectivity index (χ2n) is 8.06. The van der Waals surface area contributed by atoms with Crippen molar-refractivity contribution in [1.82, 2.24) is 4.72 Å². The highest BCUT2D eigenvalue weighted by Gasteiger charge is 2.22. The highest BCUT2D eigenvalue weighted by Crippen LogP contribution is 2.29. The average Bonchev–Trinajstić information content (AvgIpc) is 2.58. The van der Waals surface area contributed by atoms with E-state index >= 15 is 0 Å². The molecule has 29 heavy (non-hydrogen) atoms. The molecule has 1 unspecified atom stereocenters. The average molecular weight is 426 g/mol. The number of carbonyl (C=O) groups excluding carboxylic acids is 1. The molecule has 1 rings (SSSR count). The van der Waals surface area contributed by atoms with Crippen molar-refractivity contribution in [2.45, 2.75) is 65.4 Å². The smallest absolute Gasteiger partial charge is 0.236 e. The first-order valence-electron chi connectivity index (χ1n) is 9.48. The van der Waals surface area contributed by atoms with Gasteiger partial charge in [0.05, 0.1) is 12.1 Å². The lowest BCUT2D eigenvalue weighted by molar-refractivity contribution is -0.118. The molecular weight excluding hydrogens is 393 g/mol. The van der Waals surface area contributed by atoms with Gasteiger partial charge in [0.1, 0.15) is 16.4 Å². The van der Waals surface area contributed by atoms with Gasteiger partial charge in [0.25, 0.3) is 0 Å². The number of rotatable bonds is 8. The Bertz CT molecular complexity index is 811. The lowest BCUT2D eigenvalue weighted by atomic mass is 9.87. The van der Waals surface area contributed by atoms with E-state index in [4.69, 9.17) is 5.73 Å². The van der Waals surface area contributed by atoms with E-state index in [2.05, 4.69) is 9.71 Å². The van der Waals surface area contributed by atoms with Gasteiger partial charge in [-0.05, 0) is 60.6 Å². The number of aliphatic imine (C=N–C) groups is 1. The maximum atomic E-state index is 14.0. The minimum absolute atomic E-state index is 0.0246. The maximum Gasteiger partial charge on any atom is 0.236 e. The molecule has 0 fully saturated rings. The van der Waals surface area contributed by atoms with Crippen LogP contribution in [0, 0.1) is 5.82 Å². The number of nitrogens with two attached hydrogens (primary N) is 1. The first-order chi connectivity index (χ1) is 13.3. The van der Waals surface area contributed by atoms with Crippen molar-refractivity contribution in [2.75, 3.05) is 7.05 Å². The van der Waals surface area contributed by atoms with Crippen LogP contribution in [0.2, 0.25) is 0 Å². The number of aliphatic hydroxyl groups is 1. The van der Waals surface area contributed by atoms with Gasteiger partial charge in [-0.15, -0.1) is 0 Å². The Morgan fingerprint density at radius 3 is 2.14 bits per heavy atom. The summed E-state index contributed by atoms with van der Waals surface area (Å²) in [5.41, 5.74) is 7.02. The molecular formula is C21H32FN3O3S. The van der Waals surface area contributed by atoms with Gasteiger partial charge in [0.15, 0.2) is 11.0 Å². The zero-order valence-electron chi connectivity index (χ0n) is 18.2. The Morgan fingerprint density at radius 2 is 1.76 bits per heavy atom. The summed E-state index contributed by atoms with van der Waals surface area (Å²) in [4.78, 5) is 16.5. The normalized spacial score (nSPS) is 14.4. The van der Waals surface area contributed by atoms with Gasteiger partial charge in [0.2, 0.25) is 5.91 Å². The number of nitrogens with zero attached hydrogens (tertiary/aromatic N) is 1. The molecule has 0 heterocycles. The van der Waals surface area contributed by atoms with Crippen LogP contribution in [-0.2, 0) is 22.2 Å². The fourth-order valence-corrected chi connectivity index (χ4v) is 3.59. The van der Waals surface area contributed by atoms with Gasteiger partial charge in [-0.1, -0.05) is 27.7 Å². The van der Waals surface area contributed by atoms with Gasteiger partial charge in [-0.2, -0.15) is 0 Å². The van der Waals surface area contributed by atoms with E-state index in [0.717, 1.165) is 16.7 Å². The van der Waals surface area contributed by atoms with Crippen LogP contribution >= 0.6 is 0 Å². The molecule has 1 aromatic rings. The Labute approximate surface area is 175 Å². The summed E-state index contributed by atoms with van der Waals surface area (Å²) in [6.45, 7) is 10.8. The van der Waals surface area contributed by atoms with Crippen molar-refractivity contribution in [3.8, 4) is 0 Å². The van der Waals surface area contributed by atoms with Gasteiger partial charge in [-0.3, -0.25) is 14.5 Å². The minimum Gasteiger partial charge on any atom is -0.390 e. The highest BCUT2D eigenvalue weighted by atomic mass is 32.2. The molecule has 0 aliphatic heterocycles. The predicted molar refractivity (Wildman–Crippen MR) is 116 cm³/mol. The fraction of sp³-hybridized carbons (Fsp3) is 0.524. The molecule has 1 amide bonds. The van der Waals surface area contributed by atoms with Crippen LogP contribution in [0.5, 0.6) is 0 Å². The third-order valence-corrected chi connectivity index (χ3v) is 5.39. The fourth-order valence-electron chi connectivity index (χ4n) is 2.98. The molecule has 0 radical (unpaired) electrons. The van der Waals surface area contributed by atoms with Gasteiger partial charge < -0.3 is 10.8 Å². The third-order valence-electron chi connectivity index (χ3n) is 4.43. The summed E-state index contributed by atoms with van der Waals surface area (Å²) in [5.74, 6) is -0.781. The number of nitrogens with one attached hydrogen (secondary N) is 1. The largest absolute Gasteiger partial charge is 0.390 e. The lowest BCUT2D eigenvalue weighted by Gasteiger charge is -2.20. The molecule has 0 spiro atoms. The van der Waals surface area contributed by atoms with Crippen LogP contribution in [0.15, 0.2) is 28.2 Å². The molecule has 4 N–H and O–H groups in total. The minimum atomic E-state index is -1.99. The molecule has 8 heteroatoms. The zero-order valence-corrected chi connectivity index (χ0v) is 19.0. The number of hydrogen-bond acceptors (Lipinski definition) is 5. The Hall–Kier alpha value is -2.06. The molecule has 0 bridgehead atoms. The summed E-state index contributed by atoms with van der Waals surface area (Å²) in [7, 11) is -0.511. The first-order valence-corrected chi connectivity index (χ1v) is 10.6. The lowest BCUT2D eigenvalue weighted by Crippen LogP contribution is -2.34. The molecule has 0 aromatic heterocycles. The van der Waals surface area contributed by atoms with Gasteiger partial charge >= 0.3 is 0 Å². The molecule has 0 aliphatic rings. The second kappa shape index (κ2) is 10.1. The van der Waals surface area contributed by atoms with E-state index < -0.39 is 22.5 Å². The van der Waals surface area contributed by atoms with Crippen LogP contribution in [0.4, 0.5) is 4.39 Å². The van der Waals surface area contributed by atoms with Crippen LogP contribution in [0.3, 0.4) is 0 Å². The molecule has 1 aromatic carbocycles. The monoisotopic (exact) mass is 425 g/mol. The summed E-state index contributed by atoms with van der Waals surface area (Å²) in [5, 5.41) is 9.89. The van der Waals surface area contributed by atoms with E-state index in [1.54, 1.807) is 0 Å². The van der Waals surface area contributed by atoms with Crippen molar-refractivity contribution in [3.63, 3.8) is 0 Å². The van der Waals surface area contributed by atoms with Crippen molar-refractivity contribution in [3.05, 3.63) is 45.7 Å². The number of amides is 1. The summed E-state index contributed by atoms with van der Waals surface area (Å²) >= 11 is 0. The third kappa shape index (κ3) is 7.04. The molecule has 6 nitrogen and oxygen atoms in total. The number of carbonyl (C=O) groups is 1. The van der Waals surface area contributed by atoms with E-state index in [1.165, 1.54) is 39.1 Å². The summed E-state index contributed by atoms with van der Waals surface area (Å²) in [6.07, 6.45) is 1.24. The SMILES string of the molecule is CN=C(/C=C(\N)S(=O)NC(=O)Cc1c(C(C)C)cc(F)cc1C(C)C)C(C)(C)O. The second-order valence-corrected chi connectivity index (χ2v) is 9.27. The molecule has 0 aliphatic carbocycles. The number of benzene rings is 1. The molecule has 1 atom stereocenters. The van der Waals surface area contributed by atoms with Gasteiger partial charge in [-0.25, -0.2) is 8.60 Å². The quantitative estimate of drug-likeness (QED) is 0.557. The highest BCUT2D eigenvalue weighted by molar-refractivity contribution is 7.87. The van der Waals surface area contributed by atoms with Crippen molar-refractivity contribution < 1.29 is 18.5 Å². The molecule has 162 valence electrons. The van der Waals surface area contributed by atoms with Crippen molar-refractivity contribution >= 4 is 22.6 Å². The van der Waals surface area contributed by atoms with Crippen molar-refractivity contribution in [1.29, 1.82) is 0 Å². The predicted octanol–water partition coefficient (Wildman–Crippen LogP) is 3.04. The van der Waals surface area contributed by atoms with E-state index in [9.17, 15) is 18.5 Å². The first kappa shape index (κ1) is 25.0. The number of hydrogen-bond donors (Lipinski definition) is 3. The Kier molecular flexibility index (Phi) is 8.71. The van der Waals surface area contributed by atoms with Crippen LogP contribution in [0.1, 0.15) is 70.1 Å².